The van der Waals surface area contributed by atoms with E-state index in [4.69, 9.17) is 4.99 Å². The van der Waals surface area contributed by atoms with Crippen molar-refractivity contribution in [1.29, 1.82) is 0 Å². The minimum absolute atomic E-state index is 0. The largest absolute Gasteiger partial charge is 0.357 e. The summed E-state index contributed by atoms with van der Waals surface area (Å²) in [6, 6.07) is 18.5. The Morgan fingerprint density at radius 3 is 2.39 bits per heavy atom. The van der Waals surface area contributed by atoms with Crippen LogP contribution >= 0.6 is 24.0 Å². The molecule has 7 nitrogen and oxygen atoms in total. The van der Waals surface area contributed by atoms with Gasteiger partial charge in [-0.2, -0.15) is 5.10 Å². The highest BCUT2D eigenvalue weighted by atomic mass is 127. The van der Waals surface area contributed by atoms with Crippen molar-refractivity contribution >= 4 is 41.5 Å². The second-order valence-corrected chi connectivity index (χ2v) is 7.80. The lowest BCUT2D eigenvalue weighted by atomic mass is 10.1. The normalized spacial score (nSPS) is 13.7. The Bertz CT molecular complexity index is 1030. The molecule has 174 valence electrons. The molecule has 0 radical (unpaired) electrons. The van der Waals surface area contributed by atoms with Crippen molar-refractivity contribution < 1.29 is 4.79 Å². The first-order chi connectivity index (χ1) is 15.7. The van der Waals surface area contributed by atoms with Gasteiger partial charge in [0.2, 0.25) is 5.91 Å². The molecule has 1 aromatic heterocycles. The van der Waals surface area contributed by atoms with E-state index in [1.807, 2.05) is 34.0 Å². The van der Waals surface area contributed by atoms with E-state index in [-0.39, 0.29) is 29.9 Å². The molecule has 4 rings (SSSR count). The van der Waals surface area contributed by atoms with Crippen LogP contribution in [-0.2, 0) is 17.8 Å². The third-order valence-electron chi connectivity index (χ3n) is 5.50. The first-order valence-electron chi connectivity index (χ1n) is 11.2. The fourth-order valence-electron chi connectivity index (χ4n) is 3.78. The van der Waals surface area contributed by atoms with E-state index in [0.717, 1.165) is 55.4 Å². The number of halogens is 1. The summed E-state index contributed by atoms with van der Waals surface area (Å²) in [6.45, 7) is 5.06. The van der Waals surface area contributed by atoms with E-state index in [9.17, 15) is 4.79 Å². The smallest absolute Gasteiger partial charge is 0.227 e. The maximum absolute atomic E-state index is 11.9. The molecule has 0 unspecified atom stereocenters. The van der Waals surface area contributed by atoms with E-state index in [2.05, 4.69) is 59.1 Å². The summed E-state index contributed by atoms with van der Waals surface area (Å²) in [4.78, 5) is 18.5. The summed E-state index contributed by atoms with van der Waals surface area (Å²) in [5.41, 5.74) is 4.41. The van der Waals surface area contributed by atoms with Crippen LogP contribution in [0.1, 0.15) is 30.9 Å². The van der Waals surface area contributed by atoms with E-state index < -0.39 is 0 Å². The van der Waals surface area contributed by atoms with E-state index in [1.54, 1.807) is 6.20 Å². The van der Waals surface area contributed by atoms with Gasteiger partial charge in [0.15, 0.2) is 5.96 Å². The lowest BCUT2D eigenvalue weighted by Gasteiger charge is -2.16. The number of nitrogens with one attached hydrogen (secondary N) is 2. The lowest BCUT2D eigenvalue weighted by molar-refractivity contribution is -0.117. The molecule has 2 N–H and O–H groups in total. The molecule has 0 saturated carbocycles. The van der Waals surface area contributed by atoms with Crippen LogP contribution in [-0.4, -0.2) is 41.3 Å². The van der Waals surface area contributed by atoms with E-state index >= 15 is 0 Å². The number of guanidine groups is 1. The Hall–Kier alpha value is -2.88. The Kier molecular flexibility index (Phi) is 9.29. The predicted molar refractivity (Wildman–Crippen MR) is 144 cm³/mol. The minimum atomic E-state index is 0. The average molecular weight is 558 g/mol. The molecule has 0 spiro atoms. The van der Waals surface area contributed by atoms with Crippen LogP contribution in [0.3, 0.4) is 0 Å². The Labute approximate surface area is 212 Å². The number of rotatable bonds is 8. The number of carbonyl (C=O) groups is 1. The second-order valence-electron chi connectivity index (χ2n) is 7.80. The van der Waals surface area contributed by atoms with Gasteiger partial charge in [0.25, 0.3) is 0 Å². The molecule has 3 aromatic rings. The molecule has 2 aromatic carbocycles. The van der Waals surface area contributed by atoms with Crippen LogP contribution in [0.25, 0.3) is 5.69 Å². The number of nitrogens with zero attached hydrogens (tertiary/aromatic N) is 4. The molecule has 0 aliphatic carbocycles. The number of anilines is 1. The van der Waals surface area contributed by atoms with E-state index in [1.165, 1.54) is 5.56 Å². The first kappa shape index (κ1) is 24.8. The van der Waals surface area contributed by atoms with Crippen molar-refractivity contribution in [3.63, 3.8) is 0 Å². The molecule has 33 heavy (non-hydrogen) atoms. The number of carbonyl (C=O) groups excluding carboxylic acids is 1. The quantitative estimate of drug-likeness (QED) is 0.250. The topological polar surface area (TPSA) is 74.6 Å². The van der Waals surface area contributed by atoms with Gasteiger partial charge in [0.05, 0.1) is 12.2 Å². The van der Waals surface area contributed by atoms with Crippen LogP contribution in [0.2, 0.25) is 0 Å². The number of hydrogen-bond acceptors (Lipinski definition) is 3. The van der Waals surface area contributed by atoms with Crippen molar-refractivity contribution in [3.05, 3.63) is 78.1 Å². The van der Waals surface area contributed by atoms with Crippen molar-refractivity contribution in [1.82, 2.24) is 20.4 Å². The zero-order valence-electron chi connectivity index (χ0n) is 18.9. The van der Waals surface area contributed by atoms with Gasteiger partial charge in [-0.1, -0.05) is 24.3 Å². The van der Waals surface area contributed by atoms with Gasteiger partial charge >= 0.3 is 0 Å². The number of benzene rings is 2. The highest BCUT2D eigenvalue weighted by molar-refractivity contribution is 14.0. The van der Waals surface area contributed by atoms with Crippen molar-refractivity contribution in [2.75, 3.05) is 24.5 Å². The van der Waals surface area contributed by atoms with E-state index in [0.29, 0.717) is 13.0 Å². The molecule has 1 aliphatic heterocycles. The summed E-state index contributed by atoms with van der Waals surface area (Å²) in [7, 11) is 0. The number of aromatic nitrogens is 2. The summed E-state index contributed by atoms with van der Waals surface area (Å²) in [5.74, 6) is 1.02. The van der Waals surface area contributed by atoms with Crippen LogP contribution in [0.15, 0.2) is 72.0 Å². The minimum Gasteiger partial charge on any atom is -0.357 e. The predicted octanol–water partition coefficient (Wildman–Crippen LogP) is 3.91. The third kappa shape index (κ3) is 6.80. The third-order valence-corrected chi connectivity index (χ3v) is 5.50. The van der Waals surface area contributed by atoms with Gasteiger partial charge in [-0.3, -0.25) is 4.79 Å². The standard InChI is InChI=1S/C25H30N6O.HI/c1-2-26-25(27-16-14-20-6-12-23(13-7-20)31-18-4-15-29-31)28-19-21-8-10-22(11-9-21)30-17-3-5-24(30)32;/h4,6-13,15,18H,2-3,5,14,16-17,19H2,1H3,(H2,26,27,28);1H. The monoisotopic (exact) mass is 558 g/mol. The van der Waals surface area contributed by atoms with Gasteiger partial charge in [-0.25, -0.2) is 9.67 Å². The molecular weight excluding hydrogens is 527 g/mol. The SMILES string of the molecule is CCNC(=NCc1ccc(N2CCCC2=O)cc1)NCCc1ccc(-n2cccn2)cc1.I. The fraction of sp³-hybridized carbons (Fsp3) is 0.320. The van der Waals surface area contributed by atoms with Crippen LogP contribution < -0.4 is 15.5 Å². The van der Waals surface area contributed by atoms with Crippen LogP contribution in [0.5, 0.6) is 0 Å². The van der Waals surface area contributed by atoms with Crippen LogP contribution in [0.4, 0.5) is 5.69 Å². The second kappa shape index (κ2) is 12.4. The Morgan fingerprint density at radius 2 is 1.76 bits per heavy atom. The van der Waals surface area contributed by atoms with Gasteiger partial charge in [0.1, 0.15) is 0 Å². The molecule has 0 bridgehead atoms. The van der Waals surface area contributed by atoms with Crippen molar-refractivity contribution in [2.24, 2.45) is 4.99 Å². The maximum atomic E-state index is 11.9. The molecule has 2 heterocycles. The van der Waals surface area contributed by atoms with Gasteiger partial charge in [0, 0.05) is 44.1 Å². The highest BCUT2D eigenvalue weighted by Gasteiger charge is 2.21. The fourth-order valence-corrected chi connectivity index (χ4v) is 3.78. The summed E-state index contributed by atoms with van der Waals surface area (Å²) >= 11 is 0. The van der Waals surface area contributed by atoms with Crippen molar-refractivity contribution in [2.45, 2.75) is 32.7 Å². The summed E-state index contributed by atoms with van der Waals surface area (Å²) < 4.78 is 1.85. The molecular formula is C25H31IN6O. The van der Waals surface area contributed by atoms with Gasteiger partial charge in [-0.15, -0.1) is 24.0 Å². The number of aliphatic imine (C=N–C) groups is 1. The highest BCUT2D eigenvalue weighted by Crippen LogP contribution is 2.21. The maximum Gasteiger partial charge on any atom is 0.227 e. The Morgan fingerprint density at radius 1 is 1.03 bits per heavy atom. The lowest BCUT2D eigenvalue weighted by Crippen LogP contribution is -2.38. The summed E-state index contributed by atoms with van der Waals surface area (Å²) in [6.07, 6.45) is 6.22. The molecule has 1 amide bonds. The molecule has 1 fully saturated rings. The summed E-state index contributed by atoms with van der Waals surface area (Å²) in [5, 5.41) is 11.0. The first-order valence-corrected chi connectivity index (χ1v) is 11.2. The van der Waals surface area contributed by atoms with Crippen molar-refractivity contribution in [3.8, 4) is 5.69 Å². The molecule has 1 aliphatic rings. The molecule has 0 atom stereocenters. The molecule has 1 saturated heterocycles. The Balaban J connectivity index is 0.00000306. The van der Waals surface area contributed by atoms with Crippen LogP contribution in [0, 0.1) is 0 Å². The average Bonchev–Trinajstić information content (AvgIpc) is 3.50. The number of amides is 1. The van der Waals surface area contributed by atoms with Gasteiger partial charge < -0.3 is 15.5 Å². The van der Waals surface area contributed by atoms with Gasteiger partial charge in [-0.05, 0) is 61.2 Å². The zero-order valence-corrected chi connectivity index (χ0v) is 21.2. The zero-order chi connectivity index (χ0) is 22.2. The molecule has 8 heteroatoms. The number of hydrogen-bond donors (Lipinski definition) is 2.